The minimum atomic E-state index is -0.0482. The van der Waals surface area contributed by atoms with Gasteiger partial charge in [0.15, 0.2) is 0 Å². The monoisotopic (exact) mass is 340 g/mol. The van der Waals surface area contributed by atoms with Crippen molar-refractivity contribution in [2.24, 2.45) is 23.2 Å². The van der Waals surface area contributed by atoms with E-state index in [2.05, 4.69) is 11.1 Å². The van der Waals surface area contributed by atoms with Crippen LogP contribution in [-0.4, -0.2) is 16.5 Å². The Bertz CT molecular complexity index is 699. The molecule has 0 aliphatic heterocycles. The fourth-order valence-corrected chi connectivity index (χ4v) is 6.92. The standard InChI is InChI=1S/C20H24N2OS/c1-12-3-13(2)22-19(17(12)10-21)24-11-18(23)20-7-14-4-15(8-20)6-16(5-14)9-20/h3,14-16H,4-9,11H2,1-2H3. The van der Waals surface area contributed by atoms with Gasteiger partial charge in [-0.25, -0.2) is 4.98 Å². The molecule has 24 heavy (non-hydrogen) atoms. The Morgan fingerprint density at radius 3 is 2.38 bits per heavy atom. The molecule has 5 rings (SSSR count). The highest BCUT2D eigenvalue weighted by molar-refractivity contribution is 8.00. The number of hydrogen-bond donors (Lipinski definition) is 0. The molecule has 1 aromatic rings. The molecule has 4 aliphatic rings. The number of aryl methyl sites for hydroxylation is 2. The van der Waals surface area contributed by atoms with Crippen LogP contribution in [0.1, 0.15) is 55.3 Å². The van der Waals surface area contributed by atoms with Crippen molar-refractivity contribution < 1.29 is 4.79 Å². The molecule has 0 unspecified atom stereocenters. The van der Waals surface area contributed by atoms with Crippen molar-refractivity contribution in [1.82, 2.24) is 4.98 Å². The molecule has 1 heterocycles. The van der Waals surface area contributed by atoms with Crippen LogP contribution in [0.5, 0.6) is 0 Å². The van der Waals surface area contributed by atoms with Crippen molar-refractivity contribution in [3.8, 4) is 6.07 Å². The molecular formula is C20H24N2OS. The quantitative estimate of drug-likeness (QED) is 0.760. The van der Waals surface area contributed by atoms with E-state index < -0.39 is 0 Å². The molecule has 0 spiro atoms. The van der Waals surface area contributed by atoms with Crippen molar-refractivity contribution >= 4 is 17.5 Å². The van der Waals surface area contributed by atoms with Crippen molar-refractivity contribution in [2.75, 3.05) is 5.75 Å². The van der Waals surface area contributed by atoms with Gasteiger partial charge >= 0.3 is 0 Å². The van der Waals surface area contributed by atoms with Gasteiger partial charge in [0.1, 0.15) is 16.9 Å². The summed E-state index contributed by atoms with van der Waals surface area (Å²) in [5.74, 6) is 3.26. The van der Waals surface area contributed by atoms with Crippen LogP contribution in [0, 0.1) is 48.3 Å². The predicted octanol–water partition coefficient (Wildman–Crippen LogP) is 4.45. The molecule has 3 nitrogen and oxygen atoms in total. The Hall–Kier alpha value is -1.34. The number of nitriles is 1. The summed E-state index contributed by atoms with van der Waals surface area (Å²) in [5.41, 5.74) is 2.45. The lowest BCUT2D eigenvalue weighted by Crippen LogP contribution is -2.50. The smallest absolute Gasteiger partial charge is 0.149 e. The van der Waals surface area contributed by atoms with Gasteiger partial charge in [-0.15, -0.1) is 0 Å². The highest BCUT2D eigenvalue weighted by atomic mass is 32.2. The number of Topliss-reactive ketones (excluding diaryl/α,β-unsaturated/α-hetero) is 1. The number of carbonyl (C=O) groups excluding carboxylic acids is 1. The third-order valence-electron chi connectivity index (χ3n) is 6.39. The maximum Gasteiger partial charge on any atom is 0.149 e. The summed E-state index contributed by atoms with van der Waals surface area (Å²) in [6.45, 7) is 3.89. The van der Waals surface area contributed by atoms with Gasteiger partial charge in [-0.05, 0) is 81.8 Å². The van der Waals surface area contributed by atoms with Gasteiger partial charge < -0.3 is 0 Å². The summed E-state index contributed by atoms with van der Waals surface area (Å²) in [5, 5.41) is 10.1. The number of nitrogens with zero attached hydrogens (tertiary/aromatic N) is 2. The first-order valence-electron chi connectivity index (χ1n) is 9.03. The fraction of sp³-hybridized carbons (Fsp3) is 0.650. The van der Waals surface area contributed by atoms with Crippen molar-refractivity contribution in [3.05, 3.63) is 22.9 Å². The zero-order valence-electron chi connectivity index (χ0n) is 14.5. The van der Waals surface area contributed by atoms with Crippen LogP contribution in [-0.2, 0) is 4.79 Å². The van der Waals surface area contributed by atoms with E-state index in [1.165, 1.54) is 31.0 Å². The van der Waals surface area contributed by atoms with Crippen LogP contribution in [0.3, 0.4) is 0 Å². The predicted molar refractivity (Wildman–Crippen MR) is 94.8 cm³/mol. The van der Waals surface area contributed by atoms with Crippen molar-refractivity contribution in [1.29, 1.82) is 5.26 Å². The lowest BCUT2D eigenvalue weighted by atomic mass is 9.48. The van der Waals surface area contributed by atoms with Crippen molar-refractivity contribution in [2.45, 2.75) is 57.4 Å². The highest BCUT2D eigenvalue weighted by Crippen LogP contribution is 2.60. The third-order valence-corrected chi connectivity index (χ3v) is 7.37. The average molecular weight is 340 g/mol. The first-order chi connectivity index (χ1) is 11.5. The normalized spacial score (nSPS) is 33.5. The van der Waals surface area contributed by atoms with Crippen LogP contribution in [0.4, 0.5) is 0 Å². The Labute approximate surface area is 148 Å². The lowest BCUT2D eigenvalue weighted by Gasteiger charge is -2.56. The Kier molecular flexibility index (Phi) is 3.95. The number of pyridine rings is 1. The van der Waals surface area contributed by atoms with E-state index in [9.17, 15) is 10.1 Å². The summed E-state index contributed by atoms with van der Waals surface area (Å²) in [4.78, 5) is 17.6. The molecule has 4 aliphatic carbocycles. The minimum absolute atomic E-state index is 0.0482. The molecule has 1 aromatic heterocycles. The molecule has 4 saturated carbocycles. The van der Waals surface area contributed by atoms with Gasteiger partial charge in [0.2, 0.25) is 0 Å². The van der Waals surface area contributed by atoms with Gasteiger partial charge in [-0.3, -0.25) is 4.79 Å². The van der Waals surface area contributed by atoms with E-state index in [0.717, 1.165) is 53.3 Å². The zero-order valence-corrected chi connectivity index (χ0v) is 15.3. The first kappa shape index (κ1) is 16.1. The lowest BCUT2D eigenvalue weighted by molar-refractivity contribution is -0.141. The molecule has 0 N–H and O–H groups in total. The molecular weight excluding hydrogens is 316 g/mol. The minimum Gasteiger partial charge on any atom is -0.298 e. The van der Waals surface area contributed by atoms with Gasteiger partial charge in [0, 0.05) is 11.1 Å². The second kappa shape index (κ2) is 5.88. The molecule has 4 fully saturated rings. The molecule has 0 amide bonds. The molecule has 4 heteroatoms. The maximum absolute atomic E-state index is 13.1. The maximum atomic E-state index is 13.1. The summed E-state index contributed by atoms with van der Waals surface area (Å²) < 4.78 is 0. The molecule has 0 saturated heterocycles. The van der Waals surface area contributed by atoms with E-state index in [1.807, 2.05) is 19.9 Å². The largest absolute Gasteiger partial charge is 0.298 e. The molecule has 4 bridgehead atoms. The van der Waals surface area contributed by atoms with Gasteiger partial charge in [-0.1, -0.05) is 11.8 Å². The third kappa shape index (κ3) is 2.67. The summed E-state index contributed by atoms with van der Waals surface area (Å²) >= 11 is 1.47. The topological polar surface area (TPSA) is 53.8 Å². The second-order valence-electron chi connectivity index (χ2n) is 8.28. The van der Waals surface area contributed by atoms with Gasteiger partial charge in [-0.2, -0.15) is 5.26 Å². The van der Waals surface area contributed by atoms with Crippen LogP contribution in [0.25, 0.3) is 0 Å². The van der Waals surface area contributed by atoms with E-state index in [1.54, 1.807) is 0 Å². The first-order valence-corrected chi connectivity index (χ1v) is 10.0. The number of thioether (sulfide) groups is 1. The van der Waals surface area contributed by atoms with Gasteiger partial charge in [0.05, 0.1) is 11.3 Å². The molecule has 0 atom stereocenters. The summed E-state index contributed by atoms with van der Waals surface area (Å²) in [6, 6.07) is 4.19. The number of rotatable bonds is 4. The number of ketones is 1. The Morgan fingerprint density at radius 2 is 1.83 bits per heavy atom. The second-order valence-corrected chi connectivity index (χ2v) is 9.25. The number of hydrogen-bond acceptors (Lipinski definition) is 4. The molecule has 0 aromatic carbocycles. The Morgan fingerprint density at radius 1 is 1.25 bits per heavy atom. The fourth-order valence-electron chi connectivity index (χ4n) is 5.78. The highest BCUT2D eigenvalue weighted by Gasteiger charge is 2.54. The van der Waals surface area contributed by atoms with Crippen LogP contribution < -0.4 is 0 Å². The van der Waals surface area contributed by atoms with Crippen LogP contribution >= 0.6 is 11.8 Å². The zero-order chi connectivity index (χ0) is 16.9. The van der Waals surface area contributed by atoms with Crippen LogP contribution in [0.2, 0.25) is 0 Å². The average Bonchev–Trinajstić information content (AvgIpc) is 2.50. The SMILES string of the molecule is Cc1cc(C)c(C#N)c(SCC(=O)C23CC4CC(CC(C4)C2)C3)n1. The van der Waals surface area contributed by atoms with Gasteiger partial charge in [0.25, 0.3) is 0 Å². The Balaban J connectivity index is 1.51. The van der Waals surface area contributed by atoms with E-state index in [0.29, 0.717) is 17.1 Å². The van der Waals surface area contributed by atoms with E-state index in [4.69, 9.17) is 0 Å². The molecule has 126 valence electrons. The molecule has 0 radical (unpaired) electrons. The van der Waals surface area contributed by atoms with E-state index >= 15 is 0 Å². The number of aromatic nitrogens is 1. The van der Waals surface area contributed by atoms with E-state index in [-0.39, 0.29) is 5.41 Å². The summed E-state index contributed by atoms with van der Waals surface area (Å²) in [6.07, 6.45) is 7.42. The number of carbonyl (C=O) groups is 1. The van der Waals surface area contributed by atoms with Crippen LogP contribution in [0.15, 0.2) is 11.1 Å². The summed E-state index contributed by atoms with van der Waals surface area (Å²) in [7, 11) is 0. The van der Waals surface area contributed by atoms with Crippen molar-refractivity contribution in [3.63, 3.8) is 0 Å².